The van der Waals surface area contributed by atoms with Gasteiger partial charge in [0.25, 0.3) is 0 Å². The standard InChI is InChI=1S/C13H14BrNO3/c14-10-4-1-3-9(7-10)12(16)8-18-13(17)11-5-2-6-15-11/h1,3-4,7,11,15H,2,5-6,8H2/t11-/m0/s1. The Morgan fingerprint density at radius 2 is 2.28 bits per heavy atom. The van der Waals surface area contributed by atoms with Crippen LogP contribution in [-0.2, 0) is 9.53 Å². The minimum absolute atomic E-state index is 0.192. The number of nitrogens with one attached hydrogen (secondary N) is 1. The number of esters is 1. The van der Waals surface area contributed by atoms with Crippen molar-refractivity contribution in [1.29, 1.82) is 0 Å². The third-order valence-corrected chi connectivity index (χ3v) is 3.33. The maximum absolute atomic E-state index is 11.8. The third-order valence-electron chi connectivity index (χ3n) is 2.84. The molecule has 18 heavy (non-hydrogen) atoms. The van der Waals surface area contributed by atoms with Crippen molar-refractivity contribution in [1.82, 2.24) is 5.32 Å². The molecule has 4 nitrogen and oxygen atoms in total. The lowest BCUT2D eigenvalue weighted by atomic mass is 10.1. The molecule has 2 rings (SSSR count). The maximum atomic E-state index is 11.8. The van der Waals surface area contributed by atoms with E-state index in [1.54, 1.807) is 18.2 Å². The van der Waals surface area contributed by atoms with Crippen LogP contribution in [0.25, 0.3) is 0 Å². The fourth-order valence-corrected chi connectivity index (χ4v) is 2.27. The summed E-state index contributed by atoms with van der Waals surface area (Å²) < 4.78 is 5.85. The van der Waals surface area contributed by atoms with Crippen LogP contribution in [0.1, 0.15) is 23.2 Å². The molecule has 1 atom stereocenters. The number of carbonyl (C=O) groups excluding carboxylic acids is 2. The molecule has 1 fully saturated rings. The van der Waals surface area contributed by atoms with Crippen LogP contribution >= 0.6 is 15.9 Å². The van der Waals surface area contributed by atoms with E-state index in [-0.39, 0.29) is 24.4 Å². The van der Waals surface area contributed by atoms with Gasteiger partial charge in [0.2, 0.25) is 0 Å². The van der Waals surface area contributed by atoms with Crippen molar-refractivity contribution in [2.24, 2.45) is 0 Å². The summed E-state index contributed by atoms with van der Waals surface area (Å²) in [5, 5.41) is 3.04. The molecule has 1 aromatic carbocycles. The number of hydrogen-bond acceptors (Lipinski definition) is 4. The topological polar surface area (TPSA) is 55.4 Å². The minimum atomic E-state index is -0.337. The SMILES string of the molecule is O=C(COC(=O)[C@@H]1CCCN1)c1cccc(Br)c1. The quantitative estimate of drug-likeness (QED) is 0.682. The summed E-state index contributed by atoms with van der Waals surface area (Å²) in [5.41, 5.74) is 0.538. The lowest BCUT2D eigenvalue weighted by Crippen LogP contribution is -2.33. The highest BCUT2D eigenvalue weighted by Crippen LogP contribution is 2.12. The van der Waals surface area contributed by atoms with Gasteiger partial charge in [0, 0.05) is 10.0 Å². The van der Waals surface area contributed by atoms with Gasteiger partial charge in [-0.25, -0.2) is 0 Å². The van der Waals surface area contributed by atoms with Crippen LogP contribution in [0.2, 0.25) is 0 Å². The molecule has 0 bridgehead atoms. The zero-order chi connectivity index (χ0) is 13.0. The second-order valence-corrected chi connectivity index (χ2v) is 5.11. The van der Waals surface area contributed by atoms with Gasteiger partial charge in [0.15, 0.2) is 12.4 Å². The Balaban J connectivity index is 1.86. The van der Waals surface area contributed by atoms with Gasteiger partial charge in [-0.2, -0.15) is 0 Å². The second kappa shape index (κ2) is 6.11. The fourth-order valence-electron chi connectivity index (χ4n) is 1.87. The van der Waals surface area contributed by atoms with Crippen LogP contribution in [0.15, 0.2) is 28.7 Å². The first kappa shape index (κ1) is 13.2. The van der Waals surface area contributed by atoms with Crippen molar-refractivity contribution in [3.63, 3.8) is 0 Å². The molecule has 0 radical (unpaired) electrons. The molecular formula is C13H14BrNO3. The molecule has 0 aliphatic carbocycles. The average Bonchev–Trinajstić information content (AvgIpc) is 2.89. The predicted molar refractivity (Wildman–Crippen MR) is 70.5 cm³/mol. The highest BCUT2D eigenvalue weighted by Gasteiger charge is 2.24. The van der Waals surface area contributed by atoms with E-state index in [9.17, 15) is 9.59 Å². The number of rotatable bonds is 4. The first-order chi connectivity index (χ1) is 8.66. The van der Waals surface area contributed by atoms with E-state index >= 15 is 0 Å². The summed E-state index contributed by atoms with van der Waals surface area (Å²) >= 11 is 3.29. The molecule has 1 heterocycles. The molecule has 0 amide bonds. The number of ether oxygens (including phenoxy) is 1. The van der Waals surface area contributed by atoms with E-state index < -0.39 is 0 Å². The summed E-state index contributed by atoms with van der Waals surface area (Å²) in [4.78, 5) is 23.4. The zero-order valence-electron chi connectivity index (χ0n) is 9.82. The molecule has 5 heteroatoms. The molecule has 1 N–H and O–H groups in total. The number of Topliss-reactive ketones (excluding diaryl/α,β-unsaturated/α-hetero) is 1. The highest BCUT2D eigenvalue weighted by atomic mass is 79.9. The molecule has 1 aromatic rings. The second-order valence-electron chi connectivity index (χ2n) is 4.19. The van der Waals surface area contributed by atoms with Gasteiger partial charge in [-0.1, -0.05) is 28.1 Å². The van der Waals surface area contributed by atoms with E-state index in [1.165, 1.54) is 0 Å². The number of carbonyl (C=O) groups is 2. The molecule has 0 spiro atoms. The van der Waals surface area contributed by atoms with Crippen molar-refractivity contribution in [3.8, 4) is 0 Å². The zero-order valence-corrected chi connectivity index (χ0v) is 11.4. The van der Waals surface area contributed by atoms with E-state index in [4.69, 9.17) is 4.74 Å². The maximum Gasteiger partial charge on any atom is 0.323 e. The van der Waals surface area contributed by atoms with Crippen LogP contribution < -0.4 is 5.32 Å². The van der Waals surface area contributed by atoms with Gasteiger partial charge >= 0.3 is 5.97 Å². The molecule has 1 saturated heterocycles. The molecule has 0 unspecified atom stereocenters. The van der Waals surface area contributed by atoms with Crippen LogP contribution in [0.4, 0.5) is 0 Å². The lowest BCUT2D eigenvalue weighted by molar-refractivity contribution is -0.144. The lowest BCUT2D eigenvalue weighted by Gasteiger charge is -2.09. The Morgan fingerprint density at radius 3 is 2.94 bits per heavy atom. The fraction of sp³-hybridized carbons (Fsp3) is 0.385. The van der Waals surface area contributed by atoms with Gasteiger partial charge in [-0.3, -0.25) is 9.59 Å². The minimum Gasteiger partial charge on any atom is -0.456 e. The van der Waals surface area contributed by atoms with Crippen molar-refractivity contribution < 1.29 is 14.3 Å². The van der Waals surface area contributed by atoms with Crippen molar-refractivity contribution in [2.45, 2.75) is 18.9 Å². The van der Waals surface area contributed by atoms with Crippen molar-refractivity contribution in [2.75, 3.05) is 13.2 Å². The summed E-state index contributed by atoms with van der Waals surface area (Å²) in [6.45, 7) is 0.632. The molecule has 0 aromatic heterocycles. The Bertz CT molecular complexity index is 455. The smallest absolute Gasteiger partial charge is 0.323 e. The highest BCUT2D eigenvalue weighted by molar-refractivity contribution is 9.10. The van der Waals surface area contributed by atoms with Crippen LogP contribution in [0, 0.1) is 0 Å². The molecule has 1 aliphatic heterocycles. The van der Waals surface area contributed by atoms with E-state index in [1.807, 2.05) is 6.07 Å². The van der Waals surface area contributed by atoms with Crippen molar-refractivity contribution >= 4 is 27.7 Å². The van der Waals surface area contributed by atoms with Gasteiger partial charge in [0.1, 0.15) is 6.04 Å². The summed E-state index contributed by atoms with van der Waals surface area (Å²) in [5.74, 6) is -0.529. The van der Waals surface area contributed by atoms with Gasteiger partial charge in [-0.05, 0) is 31.5 Å². The van der Waals surface area contributed by atoms with Crippen LogP contribution in [0.5, 0.6) is 0 Å². The molecule has 96 valence electrons. The average molecular weight is 312 g/mol. The normalized spacial score (nSPS) is 18.6. The van der Waals surface area contributed by atoms with Gasteiger partial charge < -0.3 is 10.1 Å². The Morgan fingerprint density at radius 1 is 1.44 bits per heavy atom. The van der Waals surface area contributed by atoms with Crippen LogP contribution in [-0.4, -0.2) is 30.9 Å². The van der Waals surface area contributed by atoms with Crippen LogP contribution in [0.3, 0.4) is 0 Å². The first-order valence-corrected chi connectivity index (χ1v) is 6.65. The van der Waals surface area contributed by atoms with Gasteiger partial charge in [0.05, 0.1) is 0 Å². The number of benzene rings is 1. The Hall–Kier alpha value is -1.20. The predicted octanol–water partition coefficient (Wildman–Crippen LogP) is 1.93. The van der Waals surface area contributed by atoms with E-state index in [2.05, 4.69) is 21.2 Å². The van der Waals surface area contributed by atoms with E-state index in [0.717, 1.165) is 23.9 Å². The molecular weight excluding hydrogens is 298 g/mol. The largest absolute Gasteiger partial charge is 0.456 e. The monoisotopic (exact) mass is 311 g/mol. The summed E-state index contributed by atoms with van der Waals surface area (Å²) in [6.07, 6.45) is 1.75. The molecule has 0 saturated carbocycles. The number of hydrogen-bond donors (Lipinski definition) is 1. The summed E-state index contributed by atoms with van der Waals surface area (Å²) in [7, 11) is 0. The van der Waals surface area contributed by atoms with Crippen molar-refractivity contribution in [3.05, 3.63) is 34.3 Å². The molecule has 1 aliphatic rings. The Labute approximate surface area is 114 Å². The third kappa shape index (κ3) is 3.40. The number of halogens is 1. The number of ketones is 1. The van der Waals surface area contributed by atoms with E-state index in [0.29, 0.717) is 5.56 Å². The van der Waals surface area contributed by atoms with Gasteiger partial charge in [-0.15, -0.1) is 0 Å². The Kier molecular flexibility index (Phi) is 4.49. The first-order valence-electron chi connectivity index (χ1n) is 5.85. The summed E-state index contributed by atoms with van der Waals surface area (Å²) in [6, 6.07) is 6.78.